The zero-order valence-corrected chi connectivity index (χ0v) is 17.3. The Morgan fingerprint density at radius 3 is 2.47 bits per heavy atom. The van der Waals surface area contributed by atoms with Crippen LogP contribution in [0.4, 0.5) is 14.6 Å². The molecule has 0 N–H and O–H groups in total. The molecule has 0 spiro atoms. The molecule has 1 heterocycles. The maximum absolute atomic E-state index is 14.7. The second kappa shape index (κ2) is 8.62. The lowest BCUT2D eigenvalue weighted by atomic mass is 10.2. The SMILES string of the molecule is COc1ccc(CN(c2ccncn2)S(=O)(=O)c2ccc(F)c(C)c2F)c(OC)c1. The van der Waals surface area contributed by atoms with Gasteiger partial charge in [0, 0.05) is 29.5 Å². The minimum atomic E-state index is -4.45. The molecule has 30 heavy (non-hydrogen) atoms. The summed E-state index contributed by atoms with van der Waals surface area (Å²) >= 11 is 0. The highest BCUT2D eigenvalue weighted by molar-refractivity contribution is 7.92. The molecule has 0 fully saturated rings. The minimum absolute atomic E-state index is 0.0178. The number of nitrogens with zero attached hydrogens (tertiary/aromatic N) is 3. The van der Waals surface area contributed by atoms with Crippen molar-refractivity contribution in [2.45, 2.75) is 18.4 Å². The summed E-state index contributed by atoms with van der Waals surface area (Å²) in [5.74, 6) is -1.08. The fraction of sp³-hybridized carbons (Fsp3) is 0.200. The second-order valence-electron chi connectivity index (χ2n) is 6.24. The molecule has 3 aromatic rings. The molecule has 0 bridgehead atoms. The molecule has 0 unspecified atom stereocenters. The van der Waals surface area contributed by atoms with E-state index in [4.69, 9.17) is 9.47 Å². The Hall–Kier alpha value is -3.27. The number of rotatable bonds is 7. The van der Waals surface area contributed by atoms with Crippen LogP contribution in [0.15, 0.2) is 53.8 Å². The molecule has 0 saturated carbocycles. The van der Waals surface area contributed by atoms with Gasteiger partial charge in [-0.1, -0.05) is 0 Å². The van der Waals surface area contributed by atoms with Gasteiger partial charge in [0.25, 0.3) is 10.0 Å². The molecular weight excluding hydrogens is 416 g/mol. The molecule has 2 aromatic carbocycles. The van der Waals surface area contributed by atoms with Crippen molar-refractivity contribution in [3.63, 3.8) is 0 Å². The maximum atomic E-state index is 14.7. The van der Waals surface area contributed by atoms with E-state index in [0.717, 1.165) is 16.4 Å². The quantitative estimate of drug-likeness (QED) is 0.565. The first-order chi connectivity index (χ1) is 14.3. The van der Waals surface area contributed by atoms with Crippen LogP contribution < -0.4 is 13.8 Å². The van der Waals surface area contributed by atoms with Crippen LogP contribution in [-0.4, -0.2) is 32.6 Å². The van der Waals surface area contributed by atoms with E-state index in [-0.39, 0.29) is 17.9 Å². The van der Waals surface area contributed by atoms with Gasteiger partial charge in [-0.15, -0.1) is 0 Å². The molecule has 0 amide bonds. The van der Waals surface area contributed by atoms with Crippen molar-refractivity contribution in [2.75, 3.05) is 18.5 Å². The highest BCUT2D eigenvalue weighted by Gasteiger charge is 2.31. The third kappa shape index (κ3) is 4.04. The van der Waals surface area contributed by atoms with Crippen molar-refractivity contribution < 1.29 is 26.7 Å². The summed E-state index contributed by atoms with van der Waals surface area (Å²) in [5, 5.41) is 0. The van der Waals surface area contributed by atoms with E-state index in [9.17, 15) is 17.2 Å². The predicted octanol–water partition coefficient (Wildman–Crippen LogP) is 3.48. The average molecular weight is 435 g/mol. The molecule has 0 aliphatic carbocycles. The normalized spacial score (nSPS) is 11.2. The van der Waals surface area contributed by atoms with Gasteiger partial charge in [0.1, 0.15) is 40.2 Å². The van der Waals surface area contributed by atoms with Crippen LogP contribution in [0.2, 0.25) is 0 Å². The lowest BCUT2D eigenvalue weighted by Crippen LogP contribution is -2.32. The van der Waals surface area contributed by atoms with Crippen molar-refractivity contribution >= 4 is 15.8 Å². The lowest BCUT2D eigenvalue weighted by molar-refractivity contribution is 0.391. The summed E-state index contributed by atoms with van der Waals surface area (Å²) in [6, 6.07) is 8.06. The summed E-state index contributed by atoms with van der Waals surface area (Å²) in [7, 11) is -1.52. The standard InChI is InChI=1S/C20H19F2N3O4S/c1-13-16(21)6-7-18(20(13)22)30(26,27)25(19-8-9-23-12-24-19)11-14-4-5-15(28-2)10-17(14)29-3/h4-10,12H,11H2,1-3H3. The molecule has 7 nitrogen and oxygen atoms in total. The Bertz CT molecular complexity index is 1160. The number of sulfonamides is 1. The molecule has 0 radical (unpaired) electrons. The smallest absolute Gasteiger partial charge is 0.268 e. The van der Waals surface area contributed by atoms with E-state index >= 15 is 0 Å². The van der Waals surface area contributed by atoms with Crippen molar-refractivity contribution in [1.29, 1.82) is 0 Å². The van der Waals surface area contributed by atoms with Gasteiger partial charge in [-0.25, -0.2) is 31.5 Å². The molecule has 0 aliphatic rings. The Kier molecular flexibility index (Phi) is 6.16. The summed E-state index contributed by atoms with van der Waals surface area (Å²) in [6.45, 7) is 0.952. The van der Waals surface area contributed by atoms with Crippen molar-refractivity contribution in [3.8, 4) is 11.5 Å². The number of methoxy groups -OCH3 is 2. The van der Waals surface area contributed by atoms with E-state index in [2.05, 4.69) is 9.97 Å². The van der Waals surface area contributed by atoms with Crippen LogP contribution in [-0.2, 0) is 16.6 Å². The summed E-state index contributed by atoms with van der Waals surface area (Å²) in [4.78, 5) is 7.13. The third-order valence-electron chi connectivity index (χ3n) is 4.48. The molecular formula is C20H19F2N3O4S. The minimum Gasteiger partial charge on any atom is -0.497 e. The van der Waals surface area contributed by atoms with Crippen LogP contribution in [0.25, 0.3) is 0 Å². The summed E-state index contributed by atoms with van der Waals surface area (Å²) in [6.07, 6.45) is 2.54. The fourth-order valence-corrected chi connectivity index (χ4v) is 4.33. The zero-order valence-electron chi connectivity index (χ0n) is 16.5. The molecule has 158 valence electrons. The van der Waals surface area contributed by atoms with Gasteiger partial charge in [-0.05, 0) is 31.2 Å². The van der Waals surface area contributed by atoms with Crippen LogP contribution in [0.1, 0.15) is 11.1 Å². The van der Waals surface area contributed by atoms with E-state index in [1.807, 2.05) is 0 Å². The Morgan fingerprint density at radius 1 is 1.07 bits per heavy atom. The van der Waals surface area contributed by atoms with Crippen molar-refractivity contribution in [2.24, 2.45) is 0 Å². The number of anilines is 1. The Balaban J connectivity index is 2.15. The van der Waals surface area contributed by atoms with Crippen LogP contribution in [0.3, 0.4) is 0 Å². The summed E-state index contributed by atoms with van der Waals surface area (Å²) < 4.78 is 66.6. The van der Waals surface area contributed by atoms with Gasteiger partial charge >= 0.3 is 0 Å². The molecule has 0 saturated heterocycles. The van der Waals surface area contributed by atoms with E-state index in [1.54, 1.807) is 18.2 Å². The lowest BCUT2D eigenvalue weighted by Gasteiger charge is -2.25. The van der Waals surface area contributed by atoms with Gasteiger partial charge in [-0.3, -0.25) is 0 Å². The largest absolute Gasteiger partial charge is 0.497 e. The van der Waals surface area contributed by atoms with Crippen LogP contribution >= 0.6 is 0 Å². The topological polar surface area (TPSA) is 81.6 Å². The zero-order chi connectivity index (χ0) is 21.9. The number of benzene rings is 2. The number of ether oxygens (including phenoxy) is 2. The molecule has 1 aromatic heterocycles. The maximum Gasteiger partial charge on any atom is 0.268 e. The van der Waals surface area contributed by atoms with Crippen molar-refractivity contribution in [1.82, 2.24) is 9.97 Å². The van der Waals surface area contributed by atoms with Gasteiger partial charge in [-0.2, -0.15) is 0 Å². The Morgan fingerprint density at radius 2 is 1.83 bits per heavy atom. The molecule has 10 heteroatoms. The van der Waals surface area contributed by atoms with E-state index in [0.29, 0.717) is 17.1 Å². The monoisotopic (exact) mass is 435 g/mol. The number of halogens is 2. The number of hydrogen-bond acceptors (Lipinski definition) is 6. The van der Waals surface area contributed by atoms with Gasteiger partial charge in [0.15, 0.2) is 0 Å². The van der Waals surface area contributed by atoms with Crippen LogP contribution in [0, 0.1) is 18.6 Å². The number of aromatic nitrogens is 2. The average Bonchev–Trinajstić information content (AvgIpc) is 2.76. The molecule has 3 rings (SSSR count). The highest BCUT2D eigenvalue weighted by Crippen LogP contribution is 2.31. The Labute approximate surface area is 173 Å². The van der Waals surface area contributed by atoms with E-state index in [1.165, 1.54) is 39.7 Å². The highest BCUT2D eigenvalue weighted by atomic mass is 32.2. The first-order valence-corrected chi connectivity index (χ1v) is 10.2. The third-order valence-corrected chi connectivity index (χ3v) is 6.25. The van der Waals surface area contributed by atoms with Gasteiger partial charge in [0.2, 0.25) is 0 Å². The fourth-order valence-electron chi connectivity index (χ4n) is 2.81. The first kappa shape index (κ1) is 21.4. The van der Waals surface area contributed by atoms with Crippen LogP contribution in [0.5, 0.6) is 11.5 Å². The summed E-state index contributed by atoms with van der Waals surface area (Å²) in [5.41, 5.74) is 0.0977. The predicted molar refractivity (Wildman–Crippen MR) is 106 cm³/mol. The number of hydrogen-bond donors (Lipinski definition) is 0. The second-order valence-corrected chi connectivity index (χ2v) is 8.07. The van der Waals surface area contributed by atoms with Gasteiger partial charge < -0.3 is 9.47 Å². The first-order valence-electron chi connectivity index (χ1n) is 8.74. The molecule has 0 aliphatic heterocycles. The van der Waals surface area contributed by atoms with E-state index < -0.39 is 26.6 Å². The van der Waals surface area contributed by atoms with Gasteiger partial charge in [0.05, 0.1) is 20.8 Å². The van der Waals surface area contributed by atoms with Crippen molar-refractivity contribution in [3.05, 3.63) is 71.7 Å². The molecule has 0 atom stereocenters.